The zero-order valence-electron chi connectivity index (χ0n) is 11.0. The summed E-state index contributed by atoms with van der Waals surface area (Å²) in [6, 6.07) is 4.95. The van der Waals surface area contributed by atoms with E-state index < -0.39 is 10.1 Å². The molecule has 0 N–H and O–H groups in total. The first kappa shape index (κ1) is 17.1. The van der Waals surface area contributed by atoms with Gasteiger partial charge in [0.2, 0.25) is 0 Å². The van der Waals surface area contributed by atoms with Crippen LogP contribution < -0.4 is 29.6 Å². The molecule has 0 saturated heterocycles. The minimum absolute atomic E-state index is 0. The third kappa shape index (κ3) is 4.38. The molecule has 1 aromatic carbocycles. The second kappa shape index (κ2) is 6.34. The molecule has 3 nitrogen and oxygen atoms in total. The van der Waals surface area contributed by atoms with Gasteiger partial charge < -0.3 is 4.55 Å². The predicted octanol–water partition coefficient (Wildman–Crippen LogP) is -0.158. The maximum absolute atomic E-state index is 11.1. The molecular weight excluding hydrogens is 247 g/mol. The van der Waals surface area contributed by atoms with E-state index in [4.69, 9.17) is 0 Å². The molecule has 0 aliphatic carbocycles. The van der Waals surface area contributed by atoms with Gasteiger partial charge in [-0.1, -0.05) is 39.8 Å². The second-order valence-corrected chi connectivity index (χ2v) is 5.91. The summed E-state index contributed by atoms with van der Waals surface area (Å²) in [5, 5.41) is 0. The fraction of sp³-hybridized carbons (Fsp3) is 0.500. The van der Waals surface area contributed by atoms with Crippen molar-refractivity contribution in [1.82, 2.24) is 0 Å². The molecule has 17 heavy (non-hydrogen) atoms. The van der Waals surface area contributed by atoms with Crippen LogP contribution in [0.2, 0.25) is 0 Å². The molecule has 0 bridgehead atoms. The van der Waals surface area contributed by atoms with Crippen LogP contribution in [-0.2, 0) is 10.1 Å². The average Bonchev–Trinajstić information content (AvgIpc) is 2.15. The van der Waals surface area contributed by atoms with E-state index in [1.165, 1.54) is 6.07 Å². The minimum atomic E-state index is -4.37. The van der Waals surface area contributed by atoms with Crippen LogP contribution in [0.15, 0.2) is 23.1 Å². The van der Waals surface area contributed by atoms with Crippen molar-refractivity contribution in [3.8, 4) is 0 Å². The summed E-state index contributed by atoms with van der Waals surface area (Å²) in [4.78, 5) is -0.0908. The molecule has 1 aromatic rings. The second-order valence-electron chi connectivity index (χ2n) is 4.56. The number of hydrogen-bond acceptors (Lipinski definition) is 3. The molecule has 0 saturated carbocycles. The largest absolute Gasteiger partial charge is 1.00 e. The molecule has 0 amide bonds. The van der Waals surface area contributed by atoms with E-state index >= 15 is 0 Å². The summed E-state index contributed by atoms with van der Waals surface area (Å²) in [6.45, 7) is 7.83. The van der Waals surface area contributed by atoms with Crippen LogP contribution in [-0.4, -0.2) is 13.0 Å². The van der Waals surface area contributed by atoms with E-state index in [0.29, 0.717) is 11.5 Å². The van der Waals surface area contributed by atoms with E-state index in [2.05, 4.69) is 0 Å². The standard InChI is InChI=1S/C12H18O3S.Na/c1-8(2)10-5-6-12(16(13,14)15)11(7-10)9(3)4;/h5-9H,1-4H3,(H,13,14,15);/q;+1/p-1. The van der Waals surface area contributed by atoms with Crippen molar-refractivity contribution in [2.45, 2.75) is 44.4 Å². The van der Waals surface area contributed by atoms with Crippen molar-refractivity contribution < 1.29 is 42.5 Å². The van der Waals surface area contributed by atoms with Crippen molar-refractivity contribution in [1.29, 1.82) is 0 Å². The zero-order chi connectivity index (χ0) is 12.5. The van der Waals surface area contributed by atoms with Crippen LogP contribution in [0.5, 0.6) is 0 Å². The quantitative estimate of drug-likeness (QED) is 0.563. The smallest absolute Gasteiger partial charge is 0.744 e. The van der Waals surface area contributed by atoms with E-state index in [9.17, 15) is 13.0 Å². The predicted molar refractivity (Wildman–Crippen MR) is 62.6 cm³/mol. The van der Waals surface area contributed by atoms with Gasteiger partial charge in [-0.2, -0.15) is 0 Å². The number of rotatable bonds is 3. The van der Waals surface area contributed by atoms with Gasteiger partial charge in [-0.25, -0.2) is 8.42 Å². The molecular formula is C12H17NaO3S. The van der Waals surface area contributed by atoms with Gasteiger partial charge in [0.05, 0.1) is 4.90 Å². The maximum Gasteiger partial charge on any atom is 1.00 e. The van der Waals surface area contributed by atoms with Gasteiger partial charge in [-0.05, 0) is 29.0 Å². The van der Waals surface area contributed by atoms with Crippen LogP contribution in [0.3, 0.4) is 0 Å². The molecule has 1 rings (SSSR count). The summed E-state index contributed by atoms with van der Waals surface area (Å²) in [5.41, 5.74) is 1.66. The Morgan fingerprint density at radius 1 is 1.06 bits per heavy atom. The Hall–Kier alpha value is 0.130. The van der Waals surface area contributed by atoms with E-state index in [1.54, 1.807) is 6.07 Å². The SMILES string of the molecule is CC(C)c1ccc(S(=O)(=O)[O-])c(C(C)C)c1.[Na+]. The first-order chi connectivity index (χ1) is 7.23. The molecule has 0 fully saturated rings. The summed E-state index contributed by atoms with van der Waals surface area (Å²) < 4.78 is 33.3. The van der Waals surface area contributed by atoms with Crippen molar-refractivity contribution in [2.24, 2.45) is 0 Å². The third-order valence-electron chi connectivity index (χ3n) is 2.59. The van der Waals surface area contributed by atoms with Crippen LogP contribution in [0.25, 0.3) is 0 Å². The molecule has 0 radical (unpaired) electrons. The Kier molecular flexibility index (Phi) is 6.39. The van der Waals surface area contributed by atoms with Crippen LogP contribution in [0.1, 0.15) is 50.7 Å². The molecule has 0 atom stereocenters. The van der Waals surface area contributed by atoms with Crippen LogP contribution in [0.4, 0.5) is 0 Å². The summed E-state index contributed by atoms with van der Waals surface area (Å²) in [6.07, 6.45) is 0. The van der Waals surface area contributed by atoms with Gasteiger partial charge in [0.25, 0.3) is 0 Å². The molecule has 90 valence electrons. The Morgan fingerprint density at radius 3 is 1.94 bits per heavy atom. The molecule has 0 heterocycles. The number of benzene rings is 1. The Balaban J connectivity index is 0.00000256. The van der Waals surface area contributed by atoms with Gasteiger partial charge in [0.1, 0.15) is 10.1 Å². The number of hydrogen-bond donors (Lipinski definition) is 0. The van der Waals surface area contributed by atoms with E-state index in [1.807, 2.05) is 33.8 Å². The average molecular weight is 264 g/mol. The van der Waals surface area contributed by atoms with Crippen LogP contribution >= 0.6 is 0 Å². The molecule has 0 aliphatic rings. The van der Waals surface area contributed by atoms with E-state index in [-0.39, 0.29) is 40.4 Å². The molecule has 0 aliphatic heterocycles. The maximum atomic E-state index is 11.1. The van der Waals surface area contributed by atoms with Gasteiger partial charge in [0, 0.05) is 0 Å². The minimum Gasteiger partial charge on any atom is -0.744 e. The van der Waals surface area contributed by atoms with Gasteiger partial charge >= 0.3 is 29.6 Å². The van der Waals surface area contributed by atoms with Crippen molar-refractivity contribution in [2.75, 3.05) is 0 Å². The molecule has 0 aromatic heterocycles. The van der Waals surface area contributed by atoms with Crippen LogP contribution in [0, 0.1) is 0 Å². The molecule has 0 unspecified atom stereocenters. The fourth-order valence-electron chi connectivity index (χ4n) is 1.60. The van der Waals surface area contributed by atoms with Gasteiger partial charge in [0.15, 0.2) is 0 Å². The fourth-order valence-corrected chi connectivity index (χ4v) is 2.42. The zero-order valence-corrected chi connectivity index (χ0v) is 13.8. The van der Waals surface area contributed by atoms with Crippen molar-refractivity contribution in [3.63, 3.8) is 0 Å². The normalized spacial score (nSPS) is 11.7. The van der Waals surface area contributed by atoms with E-state index in [0.717, 1.165) is 5.56 Å². The van der Waals surface area contributed by atoms with Gasteiger partial charge in [-0.3, -0.25) is 0 Å². The summed E-state index contributed by atoms with van der Waals surface area (Å²) in [7, 11) is -4.37. The van der Waals surface area contributed by atoms with Crippen molar-refractivity contribution in [3.05, 3.63) is 29.3 Å². The first-order valence-electron chi connectivity index (χ1n) is 5.33. The monoisotopic (exact) mass is 264 g/mol. The summed E-state index contributed by atoms with van der Waals surface area (Å²) in [5.74, 6) is 0.346. The summed E-state index contributed by atoms with van der Waals surface area (Å²) >= 11 is 0. The Labute approximate surface area is 126 Å². The third-order valence-corrected chi connectivity index (χ3v) is 3.50. The topological polar surface area (TPSA) is 57.2 Å². The molecule has 5 heteroatoms. The van der Waals surface area contributed by atoms with Gasteiger partial charge in [-0.15, -0.1) is 0 Å². The Bertz CT molecular complexity index is 479. The Morgan fingerprint density at radius 2 is 1.59 bits per heavy atom. The molecule has 0 spiro atoms. The van der Waals surface area contributed by atoms with Crippen molar-refractivity contribution >= 4 is 10.1 Å². The first-order valence-corrected chi connectivity index (χ1v) is 6.74.